The molecular formula is C95H90BF24IrNOP-. The molecule has 5 radical (unpaired) electrons. The van der Waals surface area contributed by atoms with Crippen molar-refractivity contribution < 1.29 is 130 Å². The number of hydrogen-bond donors (Lipinski definition) is 0. The maximum Gasteiger partial charge on any atom is 0.416 e. The molecule has 13 rings (SSSR count). The van der Waals surface area contributed by atoms with Gasteiger partial charge < -0.3 is 4.74 Å². The molecule has 1 aliphatic heterocycles. The van der Waals surface area contributed by atoms with Gasteiger partial charge in [-0.05, 0) is 209 Å². The van der Waals surface area contributed by atoms with E-state index in [0.717, 1.165) is 38.0 Å². The molecule has 1 spiro atoms. The third-order valence-corrected chi connectivity index (χ3v) is 25.4. The Balaban J connectivity index is 0.000000236. The molecule has 9 aromatic rings. The summed E-state index contributed by atoms with van der Waals surface area (Å²) in [7, 11) is -0.951. The molecule has 0 aromatic heterocycles. The molecule has 29 heteroatoms. The monoisotopic (exact) mass is 1950 g/mol. The summed E-state index contributed by atoms with van der Waals surface area (Å²) < 4.78 is 347. The van der Waals surface area contributed by atoms with Crippen molar-refractivity contribution in [1.82, 2.24) is 0 Å². The molecular weight excluding hydrogens is 1860 g/mol. The van der Waals surface area contributed by atoms with Crippen LogP contribution in [0.15, 0.2) is 181 Å². The zero-order valence-corrected chi connectivity index (χ0v) is 72.8. The maximum absolute atomic E-state index is 14.2. The van der Waals surface area contributed by atoms with Gasteiger partial charge in [0.1, 0.15) is 12.8 Å². The van der Waals surface area contributed by atoms with Crippen LogP contribution < -0.4 is 37.8 Å². The number of fused-ring (bicyclic) bond motifs is 4. The van der Waals surface area contributed by atoms with Crippen LogP contribution in [0.3, 0.4) is 0 Å². The van der Waals surface area contributed by atoms with E-state index in [1.54, 1.807) is 5.56 Å². The van der Waals surface area contributed by atoms with Crippen molar-refractivity contribution >= 4 is 57.7 Å². The van der Waals surface area contributed by atoms with Crippen LogP contribution in [-0.4, -0.2) is 24.7 Å². The summed E-state index contributed by atoms with van der Waals surface area (Å²) in [6.07, 6.45) is -35.5. The largest absolute Gasteiger partial charge is 0.475 e. The second-order valence-electron chi connectivity index (χ2n) is 36.0. The summed E-state index contributed by atoms with van der Waals surface area (Å²) >= 11 is 0. The first-order valence-electron chi connectivity index (χ1n) is 39.8. The van der Waals surface area contributed by atoms with Crippen LogP contribution in [-0.2, 0) is 121 Å². The zero-order chi connectivity index (χ0) is 91.0. The van der Waals surface area contributed by atoms with Crippen molar-refractivity contribution in [3.05, 3.63) is 302 Å². The number of hydrogen-bond acceptors (Lipinski definition) is 2. The van der Waals surface area contributed by atoms with Crippen molar-refractivity contribution in [3.63, 3.8) is 0 Å². The number of ether oxygens (including phenoxy) is 1. The Hall–Kier alpha value is -8.09. The fraction of sp³-hybridized carbons (Fsp3) is 0.379. The van der Waals surface area contributed by atoms with Crippen molar-refractivity contribution in [1.29, 1.82) is 0 Å². The van der Waals surface area contributed by atoms with Crippen LogP contribution in [0.5, 0.6) is 0 Å². The van der Waals surface area contributed by atoms with Crippen molar-refractivity contribution in [3.8, 4) is 0 Å². The Kier molecular flexibility index (Phi) is 28.1. The molecule has 2 nitrogen and oxygen atoms in total. The predicted molar refractivity (Wildman–Crippen MR) is 436 cm³/mol. The Labute approximate surface area is 720 Å². The zero-order valence-electron chi connectivity index (χ0n) is 69.5. The normalized spacial score (nSPS) is 17.2. The van der Waals surface area contributed by atoms with Gasteiger partial charge in [0.05, 0.1) is 50.5 Å². The van der Waals surface area contributed by atoms with Gasteiger partial charge >= 0.3 is 49.4 Å². The van der Waals surface area contributed by atoms with E-state index < -0.39 is 203 Å². The minimum atomic E-state index is -6.13. The molecule has 0 saturated heterocycles. The molecule has 1 saturated carbocycles. The van der Waals surface area contributed by atoms with Crippen molar-refractivity contribution in [2.24, 2.45) is 4.99 Å². The second-order valence-corrected chi connectivity index (χ2v) is 38.2. The van der Waals surface area contributed by atoms with E-state index in [1.807, 2.05) is 0 Å². The van der Waals surface area contributed by atoms with Gasteiger partial charge in [-0.2, -0.15) is 127 Å². The number of benzene rings is 9. The Bertz CT molecular complexity index is 4750. The molecule has 0 N–H and O–H groups in total. The predicted octanol–water partition coefficient (Wildman–Crippen LogP) is 25.8. The molecule has 0 unspecified atom stereocenters. The maximum atomic E-state index is 14.2. The van der Waals surface area contributed by atoms with Crippen LogP contribution in [0.4, 0.5) is 105 Å². The third kappa shape index (κ3) is 22.0. The quantitative estimate of drug-likeness (QED) is 0.0760. The molecule has 1 heterocycles. The van der Waals surface area contributed by atoms with E-state index in [1.165, 1.54) is 91.7 Å². The van der Waals surface area contributed by atoms with Gasteiger partial charge in [0, 0.05) is 31.1 Å². The topological polar surface area (TPSA) is 21.6 Å². The first-order chi connectivity index (χ1) is 56.5. The second kappa shape index (κ2) is 35.5. The van der Waals surface area contributed by atoms with E-state index in [2.05, 4.69) is 212 Å². The summed E-state index contributed by atoms with van der Waals surface area (Å²) in [6, 6.07) is 31.7. The van der Waals surface area contributed by atoms with Crippen LogP contribution in [0, 0.1) is 25.7 Å². The number of nitrogens with zero attached hydrogens (tertiary/aromatic N) is 1. The fourth-order valence-electron chi connectivity index (χ4n) is 16.7. The minimum Gasteiger partial charge on any atom is -0.475 e. The van der Waals surface area contributed by atoms with E-state index in [4.69, 9.17) is 9.73 Å². The van der Waals surface area contributed by atoms with E-state index in [9.17, 15) is 105 Å². The molecule has 9 aromatic carbocycles. The van der Waals surface area contributed by atoms with Crippen molar-refractivity contribution in [2.75, 3.05) is 6.61 Å². The van der Waals surface area contributed by atoms with Gasteiger partial charge in [-0.25, -0.2) is 4.99 Å². The van der Waals surface area contributed by atoms with Gasteiger partial charge in [-0.15, -0.1) is 0 Å². The van der Waals surface area contributed by atoms with Gasteiger partial charge in [0.25, 0.3) is 0 Å². The van der Waals surface area contributed by atoms with Crippen LogP contribution >= 0.6 is 7.92 Å². The molecule has 0 amide bonds. The SMILES string of the molecule is CC(C)(C)c1cc(P(c2cc(C(C)(C)C)cc(C(C)(C)C)c2)c2cccc3c2[C@]2(CCc4cccc(C5=N[C@@H](Cc6ccccc6)CO5)c42)CC3)cc(C(C)(C)C)c1.FC(F)(F)c1cc([B-](c2cc(C(F)(F)F)cc(C(F)(F)F)c2)(c2cc(C(F)(F)F)cc(C(F)(F)F)c2)c2cc(C(F)(F)F)cc(C(F)(F)F)c2)cc(C(F)(F)F)c1.[CH]1[CH]CC[CH][CH]CC1.[Ir]. The molecule has 2 atom stereocenters. The van der Waals surface area contributed by atoms with Gasteiger partial charge in [-0.3, -0.25) is 0 Å². The number of alkyl halides is 24. The number of rotatable bonds is 10. The Morgan fingerprint density at radius 1 is 0.339 bits per heavy atom. The number of halogens is 24. The third-order valence-electron chi connectivity index (χ3n) is 23.0. The van der Waals surface area contributed by atoms with Gasteiger partial charge in [-0.1, -0.05) is 229 Å². The molecule has 124 heavy (non-hydrogen) atoms. The van der Waals surface area contributed by atoms with Gasteiger partial charge in [0.15, 0.2) is 0 Å². The van der Waals surface area contributed by atoms with E-state index >= 15 is 0 Å². The van der Waals surface area contributed by atoms with Crippen LogP contribution in [0.25, 0.3) is 0 Å². The number of aryl methyl sites for hydroxylation is 2. The summed E-state index contributed by atoms with van der Waals surface area (Å²) in [6.45, 7) is 29.2. The number of aliphatic imine (C=N–C) groups is 1. The summed E-state index contributed by atoms with van der Waals surface area (Å²) in [5, 5.41) is 4.46. The summed E-state index contributed by atoms with van der Waals surface area (Å²) in [4.78, 5) is 5.32. The van der Waals surface area contributed by atoms with Crippen LogP contribution in [0.1, 0.15) is 222 Å². The van der Waals surface area contributed by atoms with Crippen molar-refractivity contribution in [2.45, 2.75) is 223 Å². The average Bonchev–Trinajstić information content (AvgIpc) is 1.21. The first kappa shape index (κ1) is 98.1. The van der Waals surface area contributed by atoms with E-state index in [0.29, 0.717) is 6.61 Å². The Morgan fingerprint density at radius 3 is 0.911 bits per heavy atom. The molecule has 0 bridgehead atoms. The molecule has 667 valence electrons. The molecule has 4 aliphatic rings. The smallest absolute Gasteiger partial charge is 0.416 e. The van der Waals surface area contributed by atoms with Gasteiger partial charge in [0.2, 0.25) is 5.90 Å². The standard InChI is InChI=1S/C55H66NOP.C32H12BF24.C8H12.Ir/c1-51(2,3)39-29-40(52(4,5)6)32-44(31-39)58(45-33-41(53(7,8)9)30-42(34-45)54(10,11)12)47-23-17-21-38-25-27-55(49(38)47)26-24-37-20-16-22-46(48(37)55)50-56-43(35-57-50)28-36-18-14-13-15-19-36;34-25(35,36)13-1-14(26(37,38)39)6-21(5-13)33(22-7-15(27(40,41)42)2-16(8-22)28(43,44)45,23-9-17(29(46,47)48)3-18(10-23)30(49,50)51)24-11-19(31(52,53)54)4-20(12-24)32(55,56)57;1-2-4-6-8-7-5-3-1;/h13-23,29-34,43H,24-28,35H2,1-12H3;1-12H;1-2,7-8H,3-6H2;/q;-1;;/t43-,55+;;;/m0.../s1. The first-order valence-corrected chi connectivity index (χ1v) is 41.1. The Morgan fingerprint density at radius 2 is 0.621 bits per heavy atom. The van der Waals surface area contributed by atoms with Crippen LogP contribution in [0.2, 0.25) is 0 Å². The molecule has 3 aliphatic carbocycles. The average molecular weight is 1950 g/mol. The van der Waals surface area contributed by atoms with E-state index in [-0.39, 0.29) is 53.2 Å². The fourth-order valence-corrected chi connectivity index (χ4v) is 19.4. The summed E-state index contributed by atoms with van der Waals surface area (Å²) in [5.74, 6) is 0.840. The molecule has 1 fully saturated rings. The minimum absolute atomic E-state index is 0. The summed E-state index contributed by atoms with van der Waals surface area (Å²) in [5.41, 5.74) is -16.0.